The van der Waals surface area contributed by atoms with Crippen molar-refractivity contribution in [2.24, 2.45) is 0 Å². The smallest absolute Gasteiger partial charge is 0.133 e. The molecular formula is C15H18OSi. The standard InChI is InChI=1S/C15H18OSi/c1-5-12-11-16-14(15(12)17(2,3)4)13-9-7-6-8-10-13/h5-11H,1H2,2-4H3. The van der Waals surface area contributed by atoms with E-state index < -0.39 is 8.07 Å². The Morgan fingerprint density at radius 2 is 1.76 bits per heavy atom. The highest BCUT2D eigenvalue weighted by Crippen LogP contribution is 2.24. The highest BCUT2D eigenvalue weighted by molar-refractivity contribution is 6.90. The van der Waals surface area contributed by atoms with Gasteiger partial charge in [0.2, 0.25) is 0 Å². The molecule has 0 radical (unpaired) electrons. The fourth-order valence-corrected chi connectivity index (χ4v) is 4.01. The van der Waals surface area contributed by atoms with Gasteiger partial charge in [-0.2, -0.15) is 0 Å². The van der Waals surface area contributed by atoms with Gasteiger partial charge < -0.3 is 4.42 Å². The lowest BCUT2D eigenvalue weighted by atomic mass is 10.1. The topological polar surface area (TPSA) is 13.1 Å². The molecule has 0 spiro atoms. The van der Waals surface area contributed by atoms with E-state index in [1.165, 1.54) is 5.19 Å². The van der Waals surface area contributed by atoms with Crippen LogP contribution < -0.4 is 5.19 Å². The van der Waals surface area contributed by atoms with Crippen molar-refractivity contribution in [3.8, 4) is 11.3 Å². The molecule has 0 unspecified atom stereocenters. The predicted octanol–water partition coefficient (Wildman–Crippen LogP) is 4.13. The van der Waals surface area contributed by atoms with E-state index >= 15 is 0 Å². The van der Waals surface area contributed by atoms with E-state index in [0.29, 0.717) is 0 Å². The van der Waals surface area contributed by atoms with Crippen molar-refractivity contribution >= 4 is 19.3 Å². The van der Waals surface area contributed by atoms with Crippen molar-refractivity contribution in [3.63, 3.8) is 0 Å². The average Bonchev–Trinajstić information content (AvgIpc) is 2.73. The second-order valence-corrected chi connectivity index (χ2v) is 10.2. The highest BCUT2D eigenvalue weighted by Gasteiger charge is 2.26. The van der Waals surface area contributed by atoms with Crippen molar-refractivity contribution in [1.82, 2.24) is 0 Å². The molecule has 0 amide bonds. The Bertz CT molecular complexity index is 518. The minimum Gasteiger partial charge on any atom is -0.464 e. The van der Waals surface area contributed by atoms with E-state index in [1.807, 2.05) is 30.5 Å². The first kappa shape index (κ1) is 11.9. The van der Waals surface area contributed by atoms with E-state index in [9.17, 15) is 0 Å². The summed E-state index contributed by atoms with van der Waals surface area (Å²) in [5, 5.41) is 1.36. The lowest BCUT2D eigenvalue weighted by Gasteiger charge is -2.17. The number of rotatable bonds is 3. The summed E-state index contributed by atoms with van der Waals surface area (Å²) in [5.74, 6) is 1.01. The molecule has 0 aliphatic heterocycles. The lowest BCUT2D eigenvalue weighted by molar-refractivity contribution is 0.583. The number of benzene rings is 1. The molecule has 1 heterocycles. The highest BCUT2D eigenvalue weighted by atomic mass is 28.3. The monoisotopic (exact) mass is 242 g/mol. The molecule has 0 N–H and O–H groups in total. The first-order chi connectivity index (χ1) is 8.04. The molecule has 2 heteroatoms. The van der Waals surface area contributed by atoms with Crippen LogP contribution in [0.2, 0.25) is 19.6 Å². The number of furan rings is 1. The van der Waals surface area contributed by atoms with E-state index in [1.54, 1.807) is 0 Å². The van der Waals surface area contributed by atoms with Gasteiger partial charge in [0, 0.05) is 11.1 Å². The van der Waals surface area contributed by atoms with Gasteiger partial charge in [-0.3, -0.25) is 0 Å². The van der Waals surface area contributed by atoms with Crippen molar-refractivity contribution in [2.75, 3.05) is 0 Å². The molecule has 0 bridgehead atoms. The molecule has 0 fully saturated rings. The summed E-state index contributed by atoms with van der Waals surface area (Å²) < 4.78 is 5.76. The van der Waals surface area contributed by atoms with Gasteiger partial charge in [-0.1, -0.05) is 62.6 Å². The van der Waals surface area contributed by atoms with Gasteiger partial charge >= 0.3 is 0 Å². The Hall–Kier alpha value is -1.54. The van der Waals surface area contributed by atoms with Crippen LogP contribution in [0.4, 0.5) is 0 Å². The minimum absolute atomic E-state index is 1.01. The predicted molar refractivity (Wildman–Crippen MR) is 77.2 cm³/mol. The number of hydrogen-bond acceptors (Lipinski definition) is 1. The molecule has 0 atom stereocenters. The van der Waals surface area contributed by atoms with Gasteiger partial charge in [0.15, 0.2) is 0 Å². The largest absolute Gasteiger partial charge is 0.464 e. The summed E-state index contributed by atoms with van der Waals surface area (Å²) in [5.41, 5.74) is 2.29. The maximum atomic E-state index is 5.76. The average molecular weight is 242 g/mol. The van der Waals surface area contributed by atoms with Crippen LogP contribution in [0.25, 0.3) is 17.4 Å². The second-order valence-electron chi connectivity index (χ2n) is 5.22. The summed E-state index contributed by atoms with van der Waals surface area (Å²) in [4.78, 5) is 0. The van der Waals surface area contributed by atoms with Crippen molar-refractivity contribution in [1.29, 1.82) is 0 Å². The van der Waals surface area contributed by atoms with Gasteiger partial charge in [-0.05, 0) is 5.19 Å². The molecule has 0 aliphatic rings. The molecule has 17 heavy (non-hydrogen) atoms. The maximum absolute atomic E-state index is 5.76. The molecule has 0 aliphatic carbocycles. The Morgan fingerprint density at radius 1 is 1.12 bits per heavy atom. The van der Waals surface area contributed by atoms with Gasteiger partial charge in [0.25, 0.3) is 0 Å². The van der Waals surface area contributed by atoms with Crippen LogP contribution in [0.1, 0.15) is 5.56 Å². The molecule has 2 rings (SSSR count). The van der Waals surface area contributed by atoms with Gasteiger partial charge in [-0.15, -0.1) is 0 Å². The summed E-state index contributed by atoms with van der Waals surface area (Å²) in [6.45, 7) is 10.9. The van der Waals surface area contributed by atoms with E-state index in [-0.39, 0.29) is 0 Å². The van der Waals surface area contributed by atoms with Gasteiger partial charge in [0.1, 0.15) is 5.76 Å². The third kappa shape index (κ3) is 2.27. The molecule has 0 saturated carbocycles. The molecule has 1 aromatic heterocycles. The first-order valence-corrected chi connectivity index (χ1v) is 9.34. The maximum Gasteiger partial charge on any atom is 0.133 e. The van der Waals surface area contributed by atoms with Crippen molar-refractivity contribution in [2.45, 2.75) is 19.6 Å². The molecule has 0 saturated heterocycles. The molecule has 1 nitrogen and oxygen atoms in total. The van der Waals surface area contributed by atoms with E-state index in [0.717, 1.165) is 16.9 Å². The normalized spacial score (nSPS) is 11.5. The summed E-state index contributed by atoms with van der Waals surface area (Å²) in [7, 11) is -1.44. The second kappa shape index (κ2) is 4.38. The third-order valence-corrected chi connectivity index (χ3v) is 4.84. The van der Waals surface area contributed by atoms with Crippen LogP contribution in [0, 0.1) is 0 Å². The molecule has 2 aromatic rings. The lowest BCUT2D eigenvalue weighted by Crippen LogP contribution is -2.39. The van der Waals surface area contributed by atoms with Crippen molar-refractivity contribution < 1.29 is 4.42 Å². The van der Waals surface area contributed by atoms with Crippen LogP contribution in [-0.2, 0) is 0 Å². The van der Waals surface area contributed by atoms with Crippen LogP contribution in [-0.4, -0.2) is 8.07 Å². The Labute approximate surface area is 104 Å². The minimum atomic E-state index is -1.44. The Kier molecular flexibility index (Phi) is 3.07. The fourth-order valence-electron chi connectivity index (χ4n) is 2.10. The van der Waals surface area contributed by atoms with Crippen LogP contribution in [0.15, 0.2) is 47.6 Å². The van der Waals surface area contributed by atoms with E-state index in [2.05, 4.69) is 38.4 Å². The zero-order valence-corrected chi connectivity index (χ0v) is 11.7. The summed E-state index contributed by atoms with van der Waals surface area (Å²) in [6, 6.07) is 10.3. The van der Waals surface area contributed by atoms with Gasteiger partial charge in [-0.25, -0.2) is 0 Å². The van der Waals surface area contributed by atoms with Gasteiger partial charge in [0.05, 0.1) is 14.3 Å². The zero-order chi connectivity index (χ0) is 12.5. The Morgan fingerprint density at radius 3 is 2.29 bits per heavy atom. The first-order valence-electron chi connectivity index (χ1n) is 5.84. The van der Waals surface area contributed by atoms with Crippen LogP contribution in [0.5, 0.6) is 0 Å². The summed E-state index contributed by atoms with van der Waals surface area (Å²) >= 11 is 0. The quantitative estimate of drug-likeness (QED) is 0.737. The molecular weight excluding hydrogens is 224 g/mol. The Balaban J connectivity index is 2.64. The van der Waals surface area contributed by atoms with Crippen LogP contribution in [0.3, 0.4) is 0 Å². The van der Waals surface area contributed by atoms with E-state index in [4.69, 9.17) is 4.42 Å². The molecule has 88 valence electrons. The fraction of sp³-hybridized carbons (Fsp3) is 0.200. The third-order valence-electron chi connectivity index (χ3n) is 2.83. The van der Waals surface area contributed by atoms with Crippen molar-refractivity contribution in [3.05, 3.63) is 48.7 Å². The molecule has 1 aromatic carbocycles. The SMILES string of the molecule is C=Cc1coc(-c2ccccc2)c1[Si](C)(C)C. The zero-order valence-electron chi connectivity index (χ0n) is 10.7. The number of hydrogen-bond donors (Lipinski definition) is 0. The summed E-state index contributed by atoms with van der Waals surface area (Å²) in [6.07, 6.45) is 3.71. The van der Waals surface area contributed by atoms with Crippen LogP contribution >= 0.6 is 0 Å².